The Hall–Kier alpha value is -2.09. The van der Waals surface area contributed by atoms with Crippen LogP contribution in [0.1, 0.15) is 31.2 Å². The topological polar surface area (TPSA) is 90.9 Å². The molecule has 0 atom stereocenters. The van der Waals surface area contributed by atoms with Crippen molar-refractivity contribution < 1.29 is 13.2 Å². The van der Waals surface area contributed by atoms with E-state index in [1.165, 1.54) is 6.26 Å². The first-order valence-corrected chi connectivity index (χ1v) is 11.0. The van der Waals surface area contributed by atoms with E-state index >= 15 is 0 Å². The third-order valence-corrected chi connectivity index (χ3v) is 6.18. The monoisotopic (exact) mass is 394 g/mol. The summed E-state index contributed by atoms with van der Waals surface area (Å²) >= 11 is 0. The number of aliphatic imine (C=N–C) groups is 1. The van der Waals surface area contributed by atoms with Crippen LogP contribution in [0.4, 0.5) is 0 Å². The Morgan fingerprint density at radius 2 is 1.74 bits per heavy atom. The van der Waals surface area contributed by atoms with Crippen molar-refractivity contribution >= 4 is 21.7 Å². The minimum absolute atomic E-state index is 0.166. The van der Waals surface area contributed by atoms with Gasteiger partial charge in [0.05, 0.1) is 10.3 Å². The number of carbonyl (C=O) groups is 1. The smallest absolute Gasteiger partial charge is 0.230 e. The molecule has 0 heterocycles. The number of carbonyl (C=O) groups excluding carboxylic acids is 1. The van der Waals surface area contributed by atoms with Gasteiger partial charge in [-0.05, 0) is 30.5 Å². The number of hydrogen-bond acceptors (Lipinski definition) is 4. The Morgan fingerprint density at radius 1 is 1.15 bits per heavy atom. The maximum atomic E-state index is 12.6. The molecule has 2 N–H and O–H groups in total. The van der Waals surface area contributed by atoms with E-state index in [1.54, 1.807) is 50.3 Å². The van der Waals surface area contributed by atoms with E-state index in [1.807, 2.05) is 0 Å². The lowest BCUT2D eigenvalue weighted by Crippen LogP contribution is -2.49. The lowest BCUT2D eigenvalue weighted by atomic mass is 9.84. The van der Waals surface area contributed by atoms with Crippen LogP contribution in [0.3, 0.4) is 0 Å². The maximum Gasteiger partial charge on any atom is 0.230 e. The van der Waals surface area contributed by atoms with Crippen LogP contribution in [0, 0.1) is 5.41 Å². The molecule has 1 saturated carbocycles. The quantitative estimate of drug-likeness (QED) is 0.562. The molecule has 1 aliphatic carbocycles. The first-order chi connectivity index (χ1) is 12.7. The van der Waals surface area contributed by atoms with Gasteiger partial charge in [0.2, 0.25) is 5.91 Å². The number of hydrogen-bond donors (Lipinski definition) is 2. The lowest BCUT2D eigenvalue weighted by molar-refractivity contribution is -0.138. The Balaban J connectivity index is 1.95. The van der Waals surface area contributed by atoms with Crippen LogP contribution in [0.25, 0.3) is 0 Å². The first-order valence-electron chi connectivity index (χ1n) is 9.13. The van der Waals surface area contributed by atoms with Gasteiger partial charge in [-0.2, -0.15) is 0 Å². The van der Waals surface area contributed by atoms with Crippen LogP contribution in [-0.2, 0) is 21.2 Å². The van der Waals surface area contributed by atoms with Gasteiger partial charge in [-0.15, -0.1) is 0 Å². The van der Waals surface area contributed by atoms with Gasteiger partial charge in [0, 0.05) is 40.5 Å². The fourth-order valence-electron chi connectivity index (χ4n) is 3.51. The summed E-state index contributed by atoms with van der Waals surface area (Å²) in [6.45, 7) is 1.06. The average Bonchev–Trinajstić information content (AvgIpc) is 3.10. The van der Waals surface area contributed by atoms with Crippen molar-refractivity contribution in [3.63, 3.8) is 0 Å². The Labute approximate surface area is 162 Å². The van der Waals surface area contributed by atoms with E-state index in [4.69, 9.17) is 0 Å². The molecule has 0 saturated heterocycles. The molecule has 150 valence electrons. The number of nitrogens with one attached hydrogen (secondary N) is 2. The Bertz CT molecular complexity index is 780. The van der Waals surface area contributed by atoms with Crippen LogP contribution in [0.5, 0.6) is 0 Å². The molecule has 0 aromatic heterocycles. The number of amides is 1. The second-order valence-corrected chi connectivity index (χ2v) is 9.40. The van der Waals surface area contributed by atoms with Crippen molar-refractivity contribution in [2.24, 2.45) is 10.4 Å². The standard InChI is InChI=1S/C19H30N4O3S/c1-20-18(21-13-15-7-9-16(10-8-15)27(4,25)26)22-14-19(11-5-6-12-19)17(24)23(2)3/h7-10H,5-6,11-14H2,1-4H3,(H2,20,21,22). The molecule has 0 radical (unpaired) electrons. The van der Waals surface area contributed by atoms with Gasteiger partial charge in [-0.1, -0.05) is 25.0 Å². The van der Waals surface area contributed by atoms with Crippen LogP contribution in [0.2, 0.25) is 0 Å². The van der Waals surface area contributed by atoms with E-state index < -0.39 is 9.84 Å². The van der Waals surface area contributed by atoms with Crippen molar-refractivity contribution in [2.75, 3.05) is 33.9 Å². The van der Waals surface area contributed by atoms with Crippen molar-refractivity contribution in [1.29, 1.82) is 0 Å². The van der Waals surface area contributed by atoms with E-state index in [-0.39, 0.29) is 11.3 Å². The number of nitrogens with zero attached hydrogens (tertiary/aromatic N) is 2. The van der Waals surface area contributed by atoms with Gasteiger partial charge in [-0.3, -0.25) is 9.79 Å². The van der Waals surface area contributed by atoms with E-state index in [0.717, 1.165) is 31.2 Å². The Kier molecular flexibility index (Phi) is 6.86. The number of guanidine groups is 1. The van der Waals surface area contributed by atoms with Crippen LogP contribution in [-0.4, -0.2) is 59.1 Å². The summed E-state index contributed by atoms with van der Waals surface area (Å²) in [5, 5.41) is 6.51. The predicted octanol–water partition coefficient (Wildman–Crippen LogP) is 1.40. The molecule has 0 unspecified atom stereocenters. The van der Waals surface area contributed by atoms with Gasteiger partial charge >= 0.3 is 0 Å². The average molecular weight is 395 g/mol. The molecule has 27 heavy (non-hydrogen) atoms. The molecule has 8 heteroatoms. The summed E-state index contributed by atoms with van der Waals surface area (Å²) in [5.74, 6) is 0.791. The molecule has 1 aliphatic rings. The lowest BCUT2D eigenvalue weighted by Gasteiger charge is -2.31. The van der Waals surface area contributed by atoms with Crippen LogP contribution < -0.4 is 10.6 Å². The fourth-order valence-corrected chi connectivity index (χ4v) is 4.14. The molecule has 7 nitrogen and oxygen atoms in total. The molecular weight excluding hydrogens is 364 g/mol. The highest BCUT2D eigenvalue weighted by molar-refractivity contribution is 7.90. The normalized spacial score (nSPS) is 16.8. The Morgan fingerprint density at radius 3 is 2.22 bits per heavy atom. The van der Waals surface area contributed by atoms with E-state index in [9.17, 15) is 13.2 Å². The second-order valence-electron chi connectivity index (χ2n) is 7.38. The first kappa shape index (κ1) is 21.2. The summed E-state index contributed by atoms with van der Waals surface area (Å²) in [6.07, 6.45) is 5.11. The zero-order chi connectivity index (χ0) is 20.1. The van der Waals surface area contributed by atoms with Crippen molar-refractivity contribution in [2.45, 2.75) is 37.1 Å². The molecule has 0 spiro atoms. The summed E-state index contributed by atoms with van der Waals surface area (Å²) in [4.78, 5) is 18.8. The van der Waals surface area contributed by atoms with Gasteiger partial charge < -0.3 is 15.5 Å². The minimum atomic E-state index is -3.19. The third-order valence-electron chi connectivity index (χ3n) is 5.05. The molecule has 1 aromatic rings. The highest BCUT2D eigenvalue weighted by atomic mass is 32.2. The third kappa shape index (κ3) is 5.45. The predicted molar refractivity (Wildman–Crippen MR) is 107 cm³/mol. The van der Waals surface area contributed by atoms with Crippen molar-refractivity contribution in [1.82, 2.24) is 15.5 Å². The van der Waals surface area contributed by atoms with Gasteiger partial charge in [0.15, 0.2) is 15.8 Å². The summed E-state index contributed by atoms with van der Waals surface area (Å²) in [6, 6.07) is 6.77. The highest BCUT2D eigenvalue weighted by Gasteiger charge is 2.42. The largest absolute Gasteiger partial charge is 0.355 e. The summed E-state index contributed by atoms with van der Waals surface area (Å²) in [5.41, 5.74) is 0.587. The number of benzene rings is 1. The van der Waals surface area contributed by atoms with Crippen LogP contribution >= 0.6 is 0 Å². The molecule has 0 aliphatic heterocycles. The molecule has 1 fully saturated rings. The van der Waals surface area contributed by atoms with Gasteiger partial charge in [0.1, 0.15) is 0 Å². The maximum absolute atomic E-state index is 12.6. The fraction of sp³-hybridized carbons (Fsp3) is 0.579. The number of sulfone groups is 1. The second kappa shape index (κ2) is 8.73. The van der Waals surface area contributed by atoms with Crippen molar-refractivity contribution in [3.8, 4) is 0 Å². The zero-order valence-corrected chi connectivity index (χ0v) is 17.4. The van der Waals surface area contributed by atoms with Crippen molar-refractivity contribution in [3.05, 3.63) is 29.8 Å². The molecule has 0 bridgehead atoms. The van der Waals surface area contributed by atoms with Gasteiger partial charge in [0.25, 0.3) is 0 Å². The summed E-state index contributed by atoms with van der Waals surface area (Å²) in [7, 11) is 2.11. The van der Waals surface area contributed by atoms with Gasteiger partial charge in [-0.25, -0.2) is 8.42 Å². The van der Waals surface area contributed by atoms with E-state index in [2.05, 4.69) is 15.6 Å². The SMILES string of the molecule is CN=C(NCc1ccc(S(C)(=O)=O)cc1)NCC1(C(=O)N(C)C)CCCC1. The molecule has 1 aromatic carbocycles. The minimum Gasteiger partial charge on any atom is -0.355 e. The number of rotatable bonds is 6. The molecule has 1 amide bonds. The zero-order valence-electron chi connectivity index (χ0n) is 16.6. The molecular formula is C19H30N4O3S. The van der Waals surface area contributed by atoms with E-state index in [0.29, 0.717) is 23.9 Å². The highest BCUT2D eigenvalue weighted by Crippen LogP contribution is 2.38. The summed E-state index contributed by atoms with van der Waals surface area (Å²) < 4.78 is 23.0. The van der Waals surface area contributed by atoms with Crippen LogP contribution in [0.15, 0.2) is 34.2 Å². The molecule has 2 rings (SSSR count).